The summed E-state index contributed by atoms with van der Waals surface area (Å²) in [6.07, 6.45) is 0.726. The normalized spacial score (nSPS) is 14.9. The van der Waals surface area contributed by atoms with Gasteiger partial charge in [-0.05, 0) is 56.2 Å². The molecule has 1 fully saturated rings. The number of rotatable bonds is 2. The maximum absolute atomic E-state index is 13.0. The van der Waals surface area contributed by atoms with Gasteiger partial charge in [-0.15, -0.1) is 0 Å². The number of hydrogen-bond acceptors (Lipinski definition) is 2. The van der Waals surface area contributed by atoms with Crippen LogP contribution in [0.1, 0.15) is 38.3 Å². The minimum absolute atomic E-state index is 0.0126. The van der Waals surface area contributed by atoms with Crippen molar-refractivity contribution < 1.29 is 14.0 Å². The summed E-state index contributed by atoms with van der Waals surface area (Å²) in [5.74, 6) is -0.466. The number of carbonyl (C=O) groups excluding carboxylic acids is 2. The van der Waals surface area contributed by atoms with Gasteiger partial charge in [0, 0.05) is 37.3 Å². The van der Waals surface area contributed by atoms with Crippen LogP contribution in [0.2, 0.25) is 0 Å². The smallest absolute Gasteiger partial charge is 0.254 e. The van der Waals surface area contributed by atoms with E-state index in [0.29, 0.717) is 37.3 Å². The van der Waals surface area contributed by atoms with Crippen LogP contribution in [0.3, 0.4) is 0 Å². The van der Waals surface area contributed by atoms with Crippen LogP contribution < -0.4 is 0 Å². The van der Waals surface area contributed by atoms with Gasteiger partial charge >= 0.3 is 0 Å². The van der Waals surface area contributed by atoms with Gasteiger partial charge in [0.2, 0.25) is 0 Å². The third-order valence-electron chi connectivity index (χ3n) is 4.77. The zero-order chi connectivity index (χ0) is 18.7. The quantitative estimate of drug-likeness (QED) is 0.829. The summed E-state index contributed by atoms with van der Waals surface area (Å²) in [7, 11) is 0. The Morgan fingerprint density at radius 1 is 0.846 bits per heavy atom. The topological polar surface area (TPSA) is 40.6 Å². The standard InChI is InChI=1S/C21H23FN2O2/c1-15-4-9-19(16(2)14-15)21(26)24-11-3-10-23(12-13-24)20(25)17-5-7-18(22)8-6-17/h4-9,14H,3,10-13H2,1-2H3. The maximum Gasteiger partial charge on any atom is 0.254 e. The highest BCUT2D eigenvalue weighted by molar-refractivity contribution is 5.96. The molecule has 3 rings (SSSR count). The monoisotopic (exact) mass is 354 g/mol. The molecule has 0 spiro atoms. The van der Waals surface area contributed by atoms with E-state index in [4.69, 9.17) is 0 Å². The summed E-state index contributed by atoms with van der Waals surface area (Å²) in [4.78, 5) is 29.0. The Labute approximate surface area is 153 Å². The first-order valence-corrected chi connectivity index (χ1v) is 8.87. The van der Waals surface area contributed by atoms with Crippen molar-refractivity contribution in [2.75, 3.05) is 26.2 Å². The Morgan fingerprint density at radius 2 is 1.46 bits per heavy atom. The molecule has 0 atom stereocenters. The van der Waals surface area contributed by atoms with Crippen LogP contribution in [-0.4, -0.2) is 47.8 Å². The van der Waals surface area contributed by atoms with Gasteiger partial charge in [0.1, 0.15) is 5.82 Å². The van der Waals surface area contributed by atoms with Crippen molar-refractivity contribution in [2.45, 2.75) is 20.3 Å². The molecule has 4 nitrogen and oxygen atoms in total. The number of halogens is 1. The van der Waals surface area contributed by atoms with Gasteiger partial charge in [-0.3, -0.25) is 9.59 Å². The van der Waals surface area contributed by atoms with Gasteiger partial charge in [0.25, 0.3) is 11.8 Å². The van der Waals surface area contributed by atoms with E-state index in [9.17, 15) is 14.0 Å². The van der Waals surface area contributed by atoms with Crippen molar-refractivity contribution in [2.24, 2.45) is 0 Å². The van der Waals surface area contributed by atoms with Crippen LogP contribution >= 0.6 is 0 Å². The number of carbonyl (C=O) groups is 2. The van der Waals surface area contributed by atoms with Crippen molar-refractivity contribution >= 4 is 11.8 Å². The van der Waals surface area contributed by atoms with Crippen LogP contribution in [0.5, 0.6) is 0 Å². The second kappa shape index (κ2) is 7.68. The fraction of sp³-hybridized carbons (Fsp3) is 0.333. The second-order valence-electron chi connectivity index (χ2n) is 6.76. The largest absolute Gasteiger partial charge is 0.337 e. The first-order valence-electron chi connectivity index (χ1n) is 8.87. The summed E-state index contributed by atoms with van der Waals surface area (Å²) < 4.78 is 13.0. The van der Waals surface area contributed by atoms with Crippen LogP contribution in [0, 0.1) is 19.7 Å². The van der Waals surface area contributed by atoms with Gasteiger partial charge in [-0.2, -0.15) is 0 Å². The molecule has 26 heavy (non-hydrogen) atoms. The molecule has 0 aromatic heterocycles. The molecule has 5 heteroatoms. The van der Waals surface area contributed by atoms with Gasteiger partial charge in [-0.25, -0.2) is 4.39 Å². The first-order chi connectivity index (χ1) is 12.5. The Hall–Kier alpha value is -2.69. The zero-order valence-electron chi connectivity index (χ0n) is 15.2. The summed E-state index contributed by atoms with van der Waals surface area (Å²) in [5, 5.41) is 0. The Bertz CT molecular complexity index is 817. The van der Waals surface area contributed by atoms with Crippen LogP contribution in [0.25, 0.3) is 0 Å². The number of amides is 2. The molecule has 0 radical (unpaired) electrons. The van der Waals surface area contributed by atoms with Gasteiger partial charge in [-0.1, -0.05) is 17.7 Å². The van der Waals surface area contributed by atoms with Crippen LogP contribution in [0.4, 0.5) is 4.39 Å². The van der Waals surface area contributed by atoms with Gasteiger partial charge < -0.3 is 9.80 Å². The summed E-state index contributed by atoms with van der Waals surface area (Å²) in [6, 6.07) is 11.4. The minimum atomic E-state index is -0.359. The maximum atomic E-state index is 13.0. The Morgan fingerprint density at radius 3 is 2.08 bits per heavy atom. The fourth-order valence-electron chi connectivity index (χ4n) is 3.32. The Kier molecular flexibility index (Phi) is 5.35. The van der Waals surface area contributed by atoms with Crippen LogP contribution in [0.15, 0.2) is 42.5 Å². The van der Waals surface area contributed by atoms with Crippen molar-refractivity contribution in [3.8, 4) is 0 Å². The third kappa shape index (κ3) is 3.93. The lowest BCUT2D eigenvalue weighted by Crippen LogP contribution is -2.37. The molecule has 1 saturated heterocycles. The lowest BCUT2D eigenvalue weighted by molar-refractivity contribution is 0.0718. The molecule has 2 aromatic carbocycles. The minimum Gasteiger partial charge on any atom is -0.337 e. The van der Waals surface area contributed by atoms with E-state index in [1.54, 1.807) is 4.90 Å². The predicted octanol–water partition coefficient (Wildman–Crippen LogP) is 3.43. The van der Waals surface area contributed by atoms with E-state index < -0.39 is 0 Å². The van der Waals surface area contributed by atoms with Crippen molar-refractivity contribution in [3.05, 3.63) is 70.5 Å². The summed E-state index contributed by atoms with van der Waals surface area (Å²) in [6.45, 7) is 6.15. The SMILES string of the molecule is Cc1ccc(C(=O)N2CCCN(C(=O)c3ccc(F)cc3)CC2)c(C)c1. The molecule has 0 unspecified atom stereocenters. The predicted molar refractivity (Wildman–Crippen MR) is 98.7 cm³/mol. The lowest BCUT2D eigenvalue weighted by atomic mass is 10.0. The third-order valence-corrected chi connectivity index (χ3v) is 4.77. The molecule has 1 heterocycles. The first kappa shape index (κ1) is 18.1. The van der Waals surface area contributed by atoms with E-state index in [1.807, 2.05) is 36.9 Å². The zero-order valence-corrected chi connectivity index (χ0v) is 15.2. The lowest BCUT2D eigenvalue weighted by Gasteiger charge is -2.23. The molecule has 0 N–H and O–H groups in total. The van der Waals surface area contributed by atoms with Crippen molar-refractivity contribution in [1.29, 1.82) is 0 Å². The average molecular weight is 354 g/mol. The summed E-state index contributed by atoms with van der Waals surface area (Å²) >= 11 is 0. The molecule has 0 bridgehead atoms. The highest BCUT2D eigenvalue weighted by Gasteiger charge is 2.24. The fourth-order valence-corrected chi connectivity index (χ4v) is 3.32. The van der Waals surface area contributed by atoms with E-state index >= 15 is 0 Å². The molecule has 1 aliphatic rings. The molecule has 2 amide bonds. The molecule has 136 valence electrons. The summed E-state index contributed by atoms with van der Waals surface area (Å²) in [5.41, 5.74) is 3.29. The highest BCUT2D eigenvalue weighted by atomic mass is 19.1. The van der Waals surface area contributed by atoms with E-state index in [1.165, 1.54) is 24.3 Å². The number of nitrogens with zero attached hydrogens (tertiary/aromatic N) is 2. The van der Waals surface area contributed by atoms with E-state index in [2.05, 4.69) is 0 Å². The van der Waals surface area contributed by atoms with Gasteiger partial charge in [0.05, 0.1) is 0 Å². The number of aryl methyl sites for hydroxylation is 2. The highest BCUT2D eigenvalue weighted by Crippen LogP contribution is 2.16. The van der Waals surface area contributed by atoms with E-state index in [-0.39, 0.29) is 17.6 Å². The molecule has 0 aliphatic carbocycles. The Balaban J connectivity index is 1.68. The second-order valence-corrected chi connectivity index (χ2v) is 6.76. The molecular weight excluding hydrogens is 331 g/mol. The average Bonchev–Trinajstić information content (AvgIpc) is 2.87. The molecular formula is C21H23FN2O2. The molecule has 1 aliphatic heterocycles. The van der Waals surface area contributed by atoms with Crippen LogP contribution in [-0.2, 0) is 0 Å². The van der Waals surface area contributed by atoms with E-state index in [0.717, 1.165) is 17.5 Å². The van der Waals surface area contributed by atoms with Crippen molar-refractivity contribution in [3.63, 3.8) is 0 Å². The van der Waals surface area contributed by atoms with Crippen molar-refractivity contribution in [1.82, 2.24) is 9.80 Å². The van der Waals surface area contributed by atoms with Gasteiger partial charge in [0.15, 0.2) is 0 Å². The molecule has 2 aromatic rings. The number of hydrogen-bond donors (Lipinski definition) is 0. The molecule has 0 saturated carbocycles. The number of benzene rings is 2.